The van der Waals surface area contributed by atoms with Crippen LogP contribution in [-0.4, -0.2) is 15.1 Å². The quantitative estimate of drug-likeness (QED) is 0.856. The SMILES string of the molecule is CC[C@@H](O)c1ccc(Sc2ncc(C)cn2)cc1. The summed E-state index contributed by atoms with van der Waals surface area (Å²) in [4.78, 5) is 9.57. The number of aliphatic hydroxyl groups excluding tert-OH is 1. The van der Waals surface area contributed by atoms with Gasteiger partial charge in [0.1, 0.15) is 0 Å². The third-order valence-corrected chi connectivity index (χ3v) is 3.52. The van der Waals surface area contributed by atoms with Gasteiger partial charge < -0.3 is 5.11 Å². The van der Waals surface area contributed by atoms with Crippen molar-refractivity contribution in [2.45, 2.75) is 36.4 Å². The van der Waals surface area contributed by atoms with Crippen molar-refractivity contribution in [3.63, 3.8) is 0 Å². The summed E-state index contributed by atoms with van der Waals surface area (Å²) in [5, 5.41) is 10.4. The molecule has 0 amide bonds. The Bertz CT molecular complexity index is 496. The van der Waals surface area contributed by atoms with Gasteiger partial charge in [0.25, 0.3) is 0 Å². The molecule has 1 aromatic carbocycles. The molecule has 0 aliphatic heterocycles. The van der Waals surface area contributed by atoms with Gasteiger partial charge in [-0.3, -0.25) is 0 Å². The predicted molar refractivity (Wildman–Crippen MR) is 72.6 cm³/mol. The van der Waals surface area contributed by atoms with Crippen LogP contribution < -0.4 is 0 Å². The second kappa shape index (κ2) is 5.98. The lowest BCUT2D eigenvalue weighted by Gasteiger charge is -2.08. The van der Waals surface area contributed by atoms with Gasteiger partial charge in [0.05, 0.1) is 6.10 Å². The third kappa shape index (κ3) is 3.31. The topological polar surface area (TPSA) is 46.0 Å². The molecule has 3 nitrogen and oxygen atoms in total. The lowest BCUT2D eigenvalue weighted by molar-refractivity contribution is 0.173. The van der Waals surface area contributed by atoms with Gasteiger partial charge in [-0.15, -0.1) is 0 Å². The second-order valence-electron chi connectivity index (χ2n) is 4.14. The first-order chi connectivity index (χ1) is 8.69. The molecule has 0 spiro atoms. The number of hydrogen-bond acceptors (Lipinski definition) is 4. The highest BCUT2D eigenvalue weighted by molar-refractivity contribution is 7.99. The zero-order chi connectivity index (χ0) is 13.0. The summed E-state index contributed by atoms with van der Waals surface area (Å²) < 4.78 is 0. The van der Waals surface area contributed by atoms with E-state index >= 15 is 0 Å². The minimum absolute atomic E-state index is 0.375. The zero-order valence-corrected chi connectivity index (χ0v) is 11.3. The number of aromatic nitrogens is 2. The van der Waals surface area contributed by atoms with E-state index in [0.717, 1.165) is 27.6 Å². The van der Waals surface area contributed by atoms with Crippen molar-refractivity contribution < 1.29 is 5.11 Å². The van der Waals surface area contributed by atoms with E-state index in [9.17, 15) is 5.11 Å². The molecule has 4 heteroatoms. The molecule has 0 saturated heterocycles. The van der Waals surface area contributed by atoms with Crippen LogP contribution in [0.3, 0.4) is 0 Å². The van der Waals surface area contributed by atoms with E-state index in [0.29, 0.717) is 0 Å². The minimum Gasteiger partial charge on any atom is -0.388 e. The highest BCUT2D eigenvalue weighted by atomic mass is 32.2. The Hall–Kier alpha value is -1.39. The average Bonchev–Trinajstić information content (AvgIpc) is 2.41. The van der Waals surface area contributed by atoms with E-state index in [1.54, 1.807) is 0 Å². The zero-order valence-electron chi connectivity index (χ0n) is 10.5. The Labute approximate surface area is 111 Å². The van der Waals surface area contributed by atoms with Gasteiger partial charge in [-0.2, -0.15) is 0 Å². The monoisotopic (exact) mass is 260 g/mol. The molecule has 2 rings (SSSR count). The number of aliphatic hydroxyl groups is 1. The average molecular weight is 260 g/mol. The molecule has 1 atom stereocenters. The maximum atomic E-state index is 9.71. The smallest absolute Gasteiger partial charge is 0.192 e. The van der Waals surface area contributed by atoms with E-state index < -0.39 is 0 Å². The first-order valence-electron chi connectivity index (χ1n) is 5.93. The summed E-state index contributed by atoms with van der Waals surface area (Å²) in [6, 6.07) is 7.87. The molecule has 94 valence electrons. The molecule has 0 fully saturated rings. The fourth-order valence-corrected chi connectivity index (χ4v) is 2.23. The van der Waals surface area contributed by atoms with Crippen LogP contribution in [0.15, 0.2) is 46.7 Å². The van der Waals surface area contributed by atoms with Crippen LogP contribution in [0, 0.1) is 6.92 Å². The number of rotatable bonds is 4. The highest BCUT2D eigenvalue weighted by Gasteiger charge is 2.05. The van der Waals surface area contributed by atoms with Gasteiger partial charge in [-0.25, -0.2) is 9.97 Å². The Morgan fingerprint density at radius 2 is 1.78 bits per heavy atom. The van der Waals surface area contributed by atoms with Crippen molar-refractivity contribution in [2.24, 2.45) is 0 Å². The summed E-state index contributed by atoms with van der Waals surface area (Å²) in [7, 11) is 0. The van der Waals surface area contributed by atoms with Gasteiger partial charge in [-0.1, -0.05) is 19.1 Å². The summed E-state index contributed by atoms with van der Waals surface area (Å²) >= 11 is 1.52. The summed E-state index contributed by atoms with van der Waals surface area (Å²) in [6.45, 7) is 3.93. The van der Waals surface area contributed by atoms with Crippen LogP contribution in [0.25, 0.3) is 0 Å². The summed E-state index contributed by atoms with van der Waals surface area (Å²) in [6.07, 6.45) is 3.97. The van der Waals surface area contributed by atoms with Gasteiger partial charge in [0.2, 0.25) is 0 Å². The molecule has 2 aromatic rings. The van der Waals surface area contributed by atoms with E-state index in [1.807, 2.05) is 50.5 Å². The van der Waals surface area contributed by atoms with Gasteiger partial charge >= 0.3 is 0 Å². The van der Waals surface area contributed by atoms with E-state index in [2.05, 4.69) is 9.97 Å². The maximum Gasteiger partial charge on any atom is 0.192 e. The normalized spacial score (nSPS) is 12.4. The van der Waals surface area contributed by atoms with Crippen molar-refractivity contribution in [1.82, 2.24) is 9.97 Å². The molecule has 1 aromatic heterocycles. The lowest BCUT2D eigenvalue weighted by Crippen LogP contribution is -1.94. The fourth-order valence-electron chi connectivity index (χ4n) is 1.53. The molecule has 0 saturated carbocycles. The predicted octanol–water partition coefficient (Wildman–Crippen LogP) is 3.38. The van der Waals surface area contributed by atoms with Crippen LogP contribution >= 0.6 is 11.8 Å². The summed E-state index contributed by atoms with van der Waals surface area (Å²) in [5.41, 5.74) is 2.01. The van der Waals surface area contributed by atoms with Crippen molar-refractivity contribution >= 4 is 11.8 Å². The van der Waals surface area contributed by atoms with Crippen molar-refractivity contribution in [1.29, 1.82) is 0 Å². The number of benzene rings is 1. The Morgan fingerprint density at radius 3 is 2.33 bits per heavy atom. The van der Waals surface area contributed by atoms with E-state index in [-0.39, 0.29) is 6.10 Å². The molecular weight excluding hydrogens is 244 g/mol. The molecule has 1 N–H and O–H groups in total. The van der Waals surface area contributed by atoms with Crippen molar-refractivity contribution in [2.75, 3.05) is 0 Å². The van der Waals surface area contributed by atoms with E-state index in [1.165, 1.54) is 11.8 Å². The van der Waals surface area contributed by atoms with Crippen molar-refractivity contribution in [3.8, 4) is 0 Å². The number of aryl methyl sites for hydroxylation is 1. The van der Waals surface area contributed by atoms with Crippen LogP contribution in [0.1, 0.15) is 30.6 Å². The van der Waals surface area contributed by atoms with Gasteiger partial charge in [0.15, 0.2) is 5.16 Å². The number of hydrogen-bond donors (Lipinski definition) is 1. The van der Waals surface area contributed by atoms with E-state index in [4.69, 9.17) is 0 Å². The molecule has 18 heavy (non-hydrogen) atoms. The van der Waals surface area contributed by atoms with Crippen LogP contribution in [0.5, 0.6) is 0 Å². The molecular formula is C14H16N2OS. The standard InChI is InChI=1S/C14H16N2OS/c1-3-13(17)11-4-6-12(7-5-11)18-14-15-8-10(2)9-16-14/h4-9,13,17H,3H2,1-2H3/t13-/m1/s1. The molecule has 0 aliphatic carbocycles. The first-order valence-corrected chi connectivity index (χ1v) is 6.75. The maximum absolute atomic E-state index is 9.71. The van der Waals surface area contributed by atoms with Crippen LogP contribution in [0.4, 0.5) is 0 Å². The molecule has 0 bridgehead atoms. The molecule has 0 aliphatic rings. The minimum atomic E-state index is -0.375. The van der Waals surface area contributed by atoms with Crippen molar-refractivity contribution in [3.05, 3.63) is 47.8 Å². The summed E-state index contributed by atoms with van der Waals surface area (Å²) in [5.74, 6) is 0. The molecule has 0 radical (unpaired) electrons. The third-order valence-electron chi connectivity index (χ3n) is 2.62. The van der Waals surface area contributed by atoms with Crippen LogP contribution in [-0.2, 0) is 0 Å². The fraction of sp³-hybridized carbons (Fsp3) is 0.286. The Morgan fingerprint density at radius 1 is 1.17 bits per heavy atom. The number of nitrogens with zero attached hydrogens (tertiary/aromatic N) is 2. The largest absolute Gasteiger partial charge is 0.388 e. The van der Waals surface area contributed by atoms with Gasteiger partial charge in [-0.05, 0) is 48.4 Å². The second-order valence-corrected chi connectivity index (χ2v) is 5.18. The Balaban J connectivity index is 2.08. The highest BCUT2D eigenvalue weighted by Crippen LogP contribution is 2.26. The van der Waals surface area contributed by atoms with Gasteiger partial charge in [0, 0.05) is 17.3 Å². The Kier molecular flexibility index (Phi) is 4.33. The molecule has 0 unspecified atom stereocenters. The molecule has 1 heterocycles. The first kappa shape index (κ1) is 13.1. The lowest BCUT2D eigenvalue weighted by atomic mass is 10.1. The van der Waals surface area contributed by atoms with Crippen LogP contribution in [0.2, 0.25) is 0 Å².